The highest BCUT2D eigenvalue weighted by Crippen LogP contribution is 2.34. The van der Waals surface area contributed by atoms with Crippen LogP contribution in [0.5, 0.6) is 0 Å². The first-order valence-corrected chi connectivity index (χ1v) is 12.3. The first-order valence-electron chi connectivity index (χ1n) is 11.4. The zero-order valence-electron chi connectivity index (χ0n) is 20.3. The summed E-state index contributed by atoms with van der Waals surface area (Å²) in [6.45, 7) is 8.40. The topological polar surface area (TPSA) is 88.9 Å². The van der Waals surface area contributed by atoms with Gasteiger partial charge in [-0.05, 0) is 24.1 Å². The second kappa shape index (κ2) is 10.2. The van der Waals surface area contributed by atoms with Gasteiger partial charge in [0.15, 0.2) is 10.8 Å². The minimum absolute atomic E-state index is 0.100. The minimum Gasteiger partial charge on any atom is -0.347 e. The lowest BCUT2D eigenvalue weighted by Crippen LogP contribution is -2.27. The third kappa shape index (κ3) is 6.02. The van der Waals surface area contributed by atoms with Crippen LogP contribution in [0.25, 0.3) is 10.6 Å². The molecule has 0 unspecified atom stereocenters. The number of nitrogens with one attached hydrogen (secondary N) is 2. The summed E-state index contributed by atoms with van der Waals surface area (Å²) in [7, 11) is 0. The largest absolute Gasteiger partial charge is 0.347 e. The van der Waals surface area contributed by atoms with Gasteiger partial charge in [-0.1, -0.05) is 92.8 Å². The summed E-state index contributed by atoms with van der Waals surface area (Å²) < 4.78 is 1.82. The number of benzene rings is 2. The Labute approximate surface area is 209 Å². The van der Waals surface area contributed by atoms with Gasteiger partial charge in [-0.2, -0.15) is 5.10 Å². The Morgan fingerprint density at radius 1 is 0.971 bits per heavy atom. The maximum absolute atomic E-state index is 13.0. The second-order valence-electron chi connectivity index (χ2n) is 9.36. The molecule has 0 spiro atoms. The van der Waals surface area contributed by atoms with Gasteiger partial charge < -0.3 is 10.6 Å². The van der Waals surface area contributed by atoms with Crippen molar-refractivity contribution in [2.75, 3.05) is 5.32 Å². The molecule has 0 aliphatic rings. The lowest BCUT2D eigenvalue weighted by molar-refractivity contribution is -0.123. The highest BCUT2D eigenvalue weighted by atomic mass is 32.1. The molecule has 0 radical (unpaired) electrons. The van der Waals surface area contributed by atoms with Crippen LogP contribution in [-0.4, -0.2) is 26.6 Å². The van der Waals surface area contributed by atoms with Crippen molar-refractivity contribution in [3.05, 3.63) is 89.2 Å². The Morgan fingerprint density at radius 2 is 1.60 bits per heavy atom. The average molecular weight is 488 g/mol. The third-order valence-electron chi connectivity index (χ3n) is 5.41. The van der Waals surface area contributed by atoms with Crippen molar-refractivity contribution in [3.8, 4) is 10.6 Å². The van der Waals surface area contributed by atoms with Gasteiger partial charge in [-0.25, -0.2) is 4.98 Å². The minimum atomic E-state index is -0.529. The van der Waals surface area contributed by atoms with E-state index in [0.717, 1.165) is 27.4 Å². The summed E-state index contributed by atoms with van der Waals surface area (Å²) in [6.07, 6.45) is 0. The van der Waals surface area contributed by atoms with E-state index in [2.05, 4.69) is 20.7 Å². The summed E-state index contributed by atoms with van der Waals surface area (Å²) in [4.78, 5) is 30.8. The van der Waals surface area contributed by atoms with E-state index in [4.69, 9.17) is 0 Å². The number of anilines is 1. The van der Waals surface area contributed by atoms with Crippen molar-refractivity contribution in [1.82, 2.24) is 20.1 Å². The summed E-state index contributed by atoms with van der Waals surface area (Å²) >= 11 is 1.38. The summed E-state index contributed by atoms with van der Waals surface area (Å²) in [6, 6.07) is 21.5. The number of hydrogen-bond acceptors (Lipinski definition) is 5. The molecular formula is C27H29N5O2S. The first kappa shape index (κ1) is 24.3. The van der Waals surface area contributed by atoms with Gasteiger partial charge in [-0.3, -0.25) is 14.3 Å². The zero-order chi connectivity index (χ0) is 25.0. The van der Waals surface area contributed by atoms with Crippen LogP contribution in [0, 0.1) is 12.3 Å². The number of nitrogens with zero attached hydrogens (tertiary/aromatic N) is 3. The fourth-order valence-electron chi connectivity index (χ4n) is 3.43. The molecule has 2 heterocycles. The van der Waals surface area contributed by atoms with Crippen LogP contribution in [0.1, 0.15) is 48.1 Å². The van der Waals surface area contributed by atoms with E-state index in [0.29, 0.717) is 23.9 Å². The SMILES string of the molecule is Cc1nc(NC(=O)C(C)(C)C)sc1-c1cc(C(=O)NCc2ccccc2)nn1Cc1ccccc1. The van der Waals surface area contributed by atoms with E-state index < -0.39 is 5.41 Å². The van der Waals surface area contributed by atoms with E-state index in [1.807, 2.05) is 93.0 Å². The van der Waals surface area contributed by atoms with Crippen molar-refractivity contribution in [1.29, 1.82) is 0 Å². The first-order chi connectivity index (χ1) is 16.7. The number of carbonyl (C=O) groups excluding carboxylic acids is 2. The van der Waals surface area contributed by atoms with Crippen LogP contribution in [0.2, 0.25) is 0 Å². The van der Waals surface area contributed by atoms with E-state index in [1.54, 1.807) is 6.07 Å². The number of thiazole rings is 1. The van der Waals surface area contributed by atoms with E-state index in [9.17, 15) is 9.59 Å². The highest BCUT2D eigenvalue weighted by molar-refractivity contribution is 7.19. The van der Waals surface area contributed by atoms with Crippen molar-refractivity contribution < 1.29 is 9.59 Å². The van der Waals surface area contributed by atoms with Crippen LogP contribution < -0.4 is 10.6 Å². The number of hydrogen-bond donors (Lipinski definition) is 2. The lowest BCUT2D eigenvalue weighted by atomic mass is 9.96. The Bertz CT molecular complexity index is 1320. The molecule has 0 saturated carbocycles. The molecule has 4 aromatic rings. The summed E-state index contributed by atoms with van der Waals surface area (Å²) in [5.74, 6) is -0.345. The van der Waals surface area contributed by atoms with Crippen LogP contribution in [0.4, 0.5) is 5.13 Å². The number of carbonyl (C=O) groups is 2. The highest BCUT2D eigenvalue weighted by Gasteiger charge is 2.24. The number of rotatable bonds is 7. The molecule has 0 saturated heterocycles. The van der Waals surface area contributed by atoms with E-state index >= 15 is 0 Å². The van der Waals surface area contributed by atoms with Crippen molar-refractivity contribution in [2.45, 2.75) is 40.8 Å². The molecule has 4 rings (SSSR count). The predicted octanol–water partition coefficient (Wildman–Crippen LogP) is 5.28. The van der Waals surface area contributed by atoms with Crippen LogP contribution in [0.3, 0.4) is 0 Å². The lowest BCUT2D eigenvalue weighted by Gasteiger charge is -2.15. The fourth-order valence-corrected chi connectivity index (χ4v) is 4.41. The Kier molecular flexibility index (Phi) is 7.12. The molecule has 0 aliphatic heterocycles. The Hall–Kier alpha value is -3.78. The number of amides is 2. The molecule has 2 aromatic heterocycles. The van der Waals surface area contributed by atoms with E-state index in [-0.39, 0.29) is 11.8 Å². The molecule has 2 aromatic carbocycles. The summed E-state index contributed by atoms with van der Waals surface area (Å²) in [5, 5.41) is 11.0. The van der Waals surface area contributed by atoms with Gasteiger partial charge in [0, 0.05) is 12.0 Å². The average Bonchev–Trinajstić information content (AvgIpc) is 3.41. The summed E-state index contributed by atoms with van der Waals surface area (Å²) in [5.41, 5.74) is 3.44. The van der Waals surface area contributed by atoms with Gasteiger partial charge >= 0.3 is 0 Å². The normalized spacial score (nSPS) is 11.3. The zero-order valence-corrected chi connectivity index (χ0v) is 21.1. The van der Waals surface area contributed by atoms with Gasteiger partial charge in [0.05, 0.1) is 22.8 Å². The number of aromatic nitrogens is 3. The monoisotopic (exact) mass is 487 g/mol. The number of aryl methyl sites for hydroxylation is 1. The van der Waals surface area contributed by atoms with Gasteiger partial charge in [-0.15, -0.1) is 0 Å². The maximum Gasteiger partial charge on any atom is 0.272 e. The molecule has 2 N–H and O–H groups in total. The van der Waals surface area contributed by atoms with E-state index in [1.165, 1.54) is 11.3 Å². The Morgan fingerprint density at radius 3 is 2.23 bits per heavy atom. The quantitative estimate of drug-likeness (QED) is 0.371. The molecule has 180 valence electrons. The predicted molar refractivity (Wildman–Crippen MR) is 139 cm³/mol. The molecule has 2 amide bonds. The molecule has 8 heteroatoms. The van der Waals surface area contributed by atoms with Crippen molar-refractivity contribution in [2.24, 2.45) is 5.41 Å². The molecule has 0 fully saturated rings. The van der Waals surface area contributed by atoms with Crippen molar-refractivity contribution in [3.63, 3.8) is 0 Å². The molecule has 0 atom stereocenters. The van der Waals surface area contributed by atoms with Gasteiger partial charge in [0.1, 0.15) is 0 Å². The standard InChI is InChI=1S/C27H29N5O2S/c1-18-23(35-26(29-18)30-25(34)27(2,3)4)22-15-21(24(33)28-16-19-11-7-5-8-12-19)31-32(22)17-20-13-9-6-10-14-20/h5-15H,16-17H2,1-4H3,(H,28,33)(H,29,30,34). The molecule has 35 heavy (non-hydrogen) atoms. The Balaban J connectivity index is 1.64. The van der Waals surface area contributed by atoms with Gasteiger partial charge in [0.25, 0.3) is 5.91 Å². The molecular weight excluding hydrogens is 458 g/mol. The van der Waals surface area contributed by atoms with Crippen molar-refractivity contribution >= 4 is 28.3 Å². The van der Waals surface area contributed by atoms with Crippen LogP contribution in [0.15, 0.2) is 66.7 Å². The molecule has 0 bridgehead atoms. The third-order valence-corrected chi connectivity index (χ3v) is 6.51. The van der Waals surface area contributed by atoms with Crippen LogP contribution in [-0.2, 0) is 17.9 Å². The molecule has 0 aliphatic carbocycles. The molecule has 7 nitrogen and oxygen atoms in total. The fraction of sp³-hybridized carbons (Fsp3) is 0.259. The smallest absolute Gasteiger partial charge is 0.272 e. The second-order valence-corrected chi connectivity index (χ2v) is 10.4. The van der Waals surface area contributed by atoms with Gasteiger partial charge in [0.2, 0.25) is 5.91 Å². The maximum atomic E-state index is 13.0. The van der Waals surface area contributed by atoms with Crippen LogP contribution >= 0.6 is 11.3 Å².